The Balaban J connectivity index is 2.23. The zero-order chi connectivity index (χ0) is 15.6. The fourth-order valence-electron chi connectivity index (χ4n) is 2.14. The molecule has 5 nitrogen and oxygen atoms in total. The van der Waals surface area contributed by atoms with Gasteiger partial charge in [-0.25, -0.2) is 4.98 Å². The number of pyridine rings is 1. The third-order valence-electron chi connectivity index (χ3n) is 3.31. The molecule has 1 unspecified atom stereocenters. The first kappa shape index (κ1) is 15.4. The van der Waals surface area contributed by atoms with Crippen LogP contribution in [-0.4, -0.2) is 15.5 Å². The quantitative estimate of drug-likeness (QED) is 0.943. The first-order valence-electron chi connectivity index (χ1n) is 6.87. The summed E-state index contributed by atoms with van der Waals surface area (Å²) in [6, 6.07) is 3.16. The average Bonchev–Trinajstić information content (AvgIpc) is 2.86. The van der Waals surface area contributed by atoms with Crippen molar-refractivity contribution in [1.82, 2.24) is 14.9 Å². The van der Waals surface area contributed by atoms with Gasteiger partial charge in [0.15, 0.2) is 0 Å². The molecule has 2 aromatic heterocycles. The number of nitrogens with one attached hydrogen (secondary N) is 1. The smallest absolute Gasteiger partial charge is 0.263 e. The topological polar surface area (TPSA) is 64.0 Å². The third-order valence-corrected chi connectivity index (χ3v) is 4.45. The van der Waals surface area contributed by atoms with Crippen LogP contribution >= 0.6 is 11.3 Å². The molecule has 0 radical (unpaired) electrons. The molecule has 21 heavy (non-hydrogen) atoms. The second kappa shape index (κ2) is 6.22. The maximum atomic E-state index is 12.3. The average molecular weight is 305 g/mol. The van der Waals surface area contributed by atoms with Crippen molar-refractivity contribution in [2.75, 3.05) is 0 Å². The number of carbonyl (C=O) groups excluding carboxylic acids is 1. The number of amides is 1. The molecular weight excluding hydrogens is 286 g/mol. The van der Waals surface area contributed by atoms with Gasteiger partial charge in [-0.05, 0) is 39.8 Å². The van der Waals surface area contributed by atoms with Gasteiger partial charge in [0.25, 0.3) is 11.5 Å². The van der Waals surface area contributed by atoms with E-state index in [1.807, 2.05) is 33.1 Å². The van der Waals surface area contributed by atoms with Crippen LogP contribution in [0.5, 0.6) is 0 Å². The van der Waals surface area contributed by atoms with Gasteiger partial charge in [-0.3, -0.25) is 9.59 Å². The normalized spacial score (nSPS) is 12.2. The second-order valence-electron chi connectivity index (χ2n) is 4.96. The molecular formula is C15H19N3O2S. The molecule has 0 fully saturated rings. The predicted octanol–water partition coefficient (Wildman–Crippen LogP) is 2.43. The molecule has 0 saturated heterocycles. The lowest BCUT2D eigenvalue weighted by Gasteiger charge is -2.13. The Labute approximate surface area is 127 Å². The number of hydrogen-bond acceptors (Lipinski definition) is 4. The van der Waals surface area contributed by atoms with Gasteiger partial charge < -0.3 is 9.88 Å². The Morgan fingerprint density at radius 1 is 1.43 bits per heavy atom. The minimum absolute atomic E-state index is 0.169. The Kier molecular flexibility index (Phi) is 4.57. The fourth-order valence-corrected chi connectivity index (χ4v) is 2.95. The molecule has 0 aliphatic heterocycles. The van der Waals surface area contributed by atoms with E-state index in [2.05, 4.69) is 10.3 Å². The summed E-state index contributed by atoms with van der Waals surface area (Å²) in [5.74, 6) is -0.359. The highest BCUT2D eigenvalue weighted by Gasteiger charge is 2.17. The third kappa shape index (κ3) is 3.21. The maximum absolute atomic E-state index is 12.3. The van der Waals surface area contributed by atoms with Gasteiger partial charge >= 0.3 is 0 Å². The molecule has 2 heterocycles. The van der Waals surface area contributed by atoms with Gasteiger partial charge in [0, 0.05) is 23.3 Å². The molecule has 0 bridgehead atoms. The largest absolute Gasteiger partial charge is 0.343 e. The number of carbonyl (C=O) groups is 1. The number of aromatic nitrogens is 2. The molecule has 6 heteroatoms. The number of rotatable bonds is 4. The Morgan fingerprint density at radius 2 is 2.14 bits per heavy atom. The van der Waals surface area contributed by atoms with Crippen LogP contribution in [0.1, 0.15) is 46.6 Å². The van der Waals surface area contributed by atoms with Crippen molar-refractivity contribution in [2.24, 2.45) is 0 Å². The zero-order valence-electron chi connectivity index (χ0n) is 12.6. The summed E-state index contributed by atoms with van der Waals surface area (Å²) in [5.41, 5.74) is 1.70. The van der Waals surface area contributed by atoms with Gasteiger partial charge in [0.1, 0.15) is 10.6 Å². The van der Waals surface area contributed by atoms with Crippen LogP contribution in [0.25, 0.3) is 0 Å². The molecule has 112 valence electrons. The predicted molar refractivity (Wildman–Crippen MR) is 83.8 cm³/mol. The number of nitrogens with zero attached hydrogens (tertiary/aromatic N) is 2. The summed E-state index contributed by atoms with van der Waals surface area (Å²) >= 11 is 1.50. The number of thiazole rings is 1. The number of hydrogen-bond donors (Lipinski definition) is 1. The number of aryl methyl sites for hydroxylation is 2. The Bertz CT molecular complexity index is 718. The monoisotopic (exact) mass is 305 g/mol. The molecule has 1 amide bonds. The SMILES string of the molecule is CCn1c(C)ccc(C(=O)NC(C)c2nc(C)cs2)c1=O. The lowest BCUT2D eigenvalue weighted by Crippen LogP contribution is -2.34. The zero-order valence-corrected chi connectivity index (χ0v) is 13.5. The van der Waals surface area contributed by atoms with Crippen LogP contribution < -0.4 is 10.9 Å². The molecule has 0 saturated carbocycles. The second-order valence-corrected chi connectivity index (χ2v) is 5.85. The molecule has 0 aliphatic carbocycles. The Hall–Kier alpha value is -1.95. The van der Waals surface area contributed by atoms with Crippen molar-refractivity contribution in [3.05, 3.63) is 49.8 Å². The summed E-state index contributed by atoms with van der Waals surface area (Å²) in [7, 11) is 0. The van der Waals surface area contributed by atoms with Crippen LogP contribution in [0, 0.1) is 13.8 Å². The standard InChI is InChI=1S/C15H19N3O2S/c1-5-18-10(3)6-7-12(15(18)20)13(19)17-11(4)14-16-9(2)8-21-14/h6-8,11H,5H2,1-4H3,(H,17,19). The van der Waals surface area contributed by atoms with Crippen LogP contribution in [0.4, 0.5) is 0 Å². The van der Waals surface area contributed by atoms with E-state index in [-0.39, 0.29) is 23.1 Å². The molecule has 2 aromatic rings. The first-order valence-corrected chi connectivity index (χ1v) is 7.75. The van der Waals surface area contributed by atoms with E-state index in [4.69, 9.17) is 0 Å². The van der Waals surface area contributed by atoms with Crippen LogP contribution in [0.2, 0.25) is 0 Å². The van der Waals surface area contributed by atoms with Crippen LogP contribution in [-0.2, 0) is 6.54 Å². The van der Waals surface area contributed by atoms with E-state index >= 15 is 0 Å². The summed E-state index contributed by atoms with van der Waals surface area (Å²) in [6.07, 6.45) is 0. The van der Waals surface area contributed by atoms with Gasteiger partial charge in [-0.15, -0.1) is 11.3 Å². The molecule has 1 N–H and O–H groups in total. The lowest BCUT2D eigenvalue weighted by molar-refractivity contribution is 0.0937. The van der Waals surface area contributed by atoms with E-state index < -0.39 is 0 Å². The van der Waals surface area contributed by atoms with Gasteiger partial charge in [0.2, 0.25) is 0 Å². The van der Waals surface area contributed by atoms with E-state index in [1.54, 1.807) is 16.7 Å². The highest BCUT2D eigenvalue weighted by atomic mass is 32.1. The van der Waals surface area contributed by atoms with E-state index in [9.17, 15) is 9.59 Å². The van der Waals surface area contributed by atoms with Crippen LogP contribution in [0.3, 0.4) is 0 Å². The maximum Gasteiger partial charge on any atom is 0.263 e. The molecule has 1 atom stereocenters. The lowest BCUT2D eigenvalue weighted by atomic mass is 10.2. The van der Waals surface area contributed by atoms with Crippen molar-refractivity contribution in [3.8, 4) is 0 Å². The molecule has 0 aromatic carbocycles. The van der Waals surface area contributed by atoms with Crippen LogP contribution in [0.15, 0.2) is 22.3 Å². The Morgan fingerprint density at radius 3 is 2.71 bits per heavy atom. The molecule has 0 aliphatic rings. The highest BCUT2D eigenvalue weighted by Crippen LogP contribution is 2.17. The van der Waals surface area contributed by atoms with Crippen molar-refractivity contribution in [2.45, 2.75) is 40.3 Å². The van der Waals surface area contributed by atoms with E-state index in [1.165, 1.54) is 11.3 Å². The fraction of sp³-hybridized carbons (Fsp3) is 0.400. The summed E-state index contributed by atoms with van der Waals surface area (Å²) in [4.78, 5) is 28.9. The van der Waals surface area contributed by atoms with Crippen molar-refractivity contribution >= 4 is 17.2 Å². The minimum atomic E-state index is -0.359. The van der Waals surface area contributed by atoms with E-state index in [0.29, 0.717) is 6.54 Å². The minimum Gasteiger partial charge on any atom is -0.343 e. The van der Waals surface area contributed by atoms with Gasteiger partial charge in [-0.2, -0.15) is 0 Å². The van der Waals surface area contributed by atoms with Gasteiger partial charge in [0.05, 0.1) is 6.04 Å². The summed E-state index contributed by atoms with van der Waals surface area (Å²) < 4.78 is 1.59. The summed E-state index contributed by atoms with van der Waals surface area (Å²) in [6.45, 7) is 8.06. The van der Waals surface area contributed by atoms with Crippen molar-refractivity contribution < 1.29 is 4.79 Å². The van der Waals surface area contributed by atoms with E-state index in [0.717, 1.165) is 16.4 Å². The van der Waals surface area contributed by atoms with Crippen molar-refractivity contribution in [3.63, 3.8) is 0 Å². The van der Waals surface area contributed by atoms with Crippen molar-refractivity contribution in [1.29, 1.82) is 0 Å². The molecule has 2 rings (SSSR count). The first-order chi connectivity index (χ1) is 9.93. The van der Waals surface area contributed by atoms with Gasteiger partial charge in [-0.1, -0.05) is 0 Å². The highest BCUT2D eigenvalue weighted by molar-refractivity contribution is 7.09. The molecule has 0 spiro atoms. The summed E-state index contributed by atoms with van der Waals surface area (Å²) in [5, 5.41) is 5.61.